The van der Waals surface area contributed by atoms with Crippen LogP contribution in [0.2, 0.25) is 0 Å². The molecular formula is C13H20N2O3S. The zero-order valence-corrected chi connectivity index (χ0v) is 12.0. The average Bonchev–Trinajstić information content (AvgIpc) is 2.38. The molecule has 19 heavy (non-hydrogen) atoms. The Morgan fingerprint density at radius 1 is 1.42 bits per heavy atom. The van der Waals surface area contributed by atoms with Crippen LogP contribution < -0.4 is 14.8 Å². The lowest BCUT2D eigenvalue weighted by molar-refractivity contribution is 0.361. The Bertz CT molecular complexity index is 530. The van der Waals surface area contributed by atoms with E-state index in [1.165, 1.54) is 13.2 Å². The molecule has 1 aromatic rings. The van der Waals surface area contributed by atoms with Crippen molar-refractivity contribution in [2.75, 3.05) is 13.7 Å². The normalized spacial score (nSPS) is 24.1. The fraction of sp³-hybridized carbons (Fsp3) is 0.538. The molecule has 1 heterocycles. The molecular weight excluding hydrogens is 264 g/mol. The largest absolute Gasteiger partial charge is 0.497 e. The standard InChI is InChI=1S/C13H20N2O3S/c1-10-8-11(6-7-14-10)15-19(16,17)13-5-3-4-12(9-13)18-2/h3-5,9-11,14-15H,6-8H2,1-2H3. The summed E-state index contributed by atoms with van der Waals surface area (Å²) in [5.74, 6) is 0.543. The molecule has 2 atom stereocenters. The molecule has 0 spiro atoms. The highest BCUT2D eigenvalue weighted by molar-refractivity contribution is 7.89. The van der Waals surface area contributed by atoms with Crippen molar-refractivity contribution in [3.63, 3.8) is 0 Å². The smallest absolute Gasteiger partial charge is 0.240 e. The van der Waals surface area contributed by atoms with Crippen molar-refractivity contribution in [3.05, 3.63) is 24.3 Å². The number of rotatable bonds is 4. The second kappa shape index (κ2) is 5.90. The first-order chi connectivity index (χ1) is 9.01. The quantitative estimate of drug-likeness (QED) is 0.869. The van der Waals surface area contributed by atoms with Crippen LogP contribution in [0.3, 0.4) is 0 Å². The van der Waals surface area contributed by atoms with Gasteiger partial charge in [0.2, 0.25) is 10.0 Å². The van der Waals surface area contributed by atoms with Gasteiger partial charge >= 0.3 is 0 Å². The van der Waals surface area contributed by atoms with Crippen LogP contribution in [0.4, 0.5) is 0 Å². The summed E-state index contributed by atoms with van der Waals surface area (Å²) >= 11 is 0. The first kappa shape index (κ1) is 14.3. The second-order valence-corrected chi connectivity index (χ2v) is 6.59. The summed E-state index contributed by atoms with van der Waals surface area (Å²) in [5, 5.41) is 3.30. The predicted molar refractivity (Wildman–Crippen MR) is 73.8 cm³/mol. The van der Waals surface area contributed by atoms with Crippen LogP contribution in [0.25, 0.3) is 0 Å². The summed E-state index contributed by atoms with van der Waals surface area (Å²) in [6, 6.07) is 6.85. The van der Waals surface area contributed by atoms with Gasteiger partial charge in [-0.1, -0.05) is 6.07 Å². The summed E-state index contributed by atoms with van der Waals surface area (Å²) in [6.45, 7) is 2.90. The fourth-order valence-electron chi connectivity index (χ4n) is 2.29. The molecule has 2 rings (SSSR count). The van der Waals surface area contributed by atoms with Crippen LogP contribution in [0, 0.1) is 0 Å². The van der Waals surface area contributed by atoms with E-state index in [-0.39, 0.29) is 10.9 Å². The number of piperidine rings is 1. The van der Waals surface area contributed by atoms with Gasteiger partial charge < -0.3 is 10.1 Å². The van der Waals surface area contributed by atoms with Crippen molar-refractivity contribution in [2.45, 2.75) is 36.7 Å². The van der Waals surface area contributed by atoms with Crippen molar-refractivity contribution in [2.24, 2.45) is 0 Å². The molecule has 1 aliphatic heterocycles. The van der Waals surface area contributed by atoms with Gasteiger partial charge in [0.25, 0.3) is 0 Å². The van der Waals surface area contributed by atoms with Gasteiger partial charge in [-0.25, -0.2) is 13.1 Å². The third kappa shape index (κ3) is 3.68. The minimum Gasteiger partial charge on any atom is -0.497 e. The zero-order chi connectivity index (χ0) is 13.9. The van der Waals surface area contributed by atoms with E-state index in [1.807, 2.05) is 0 Å². The molecule has 2 N–H and O–H groups in total. The molecule has 0 aromatic heterocycles. The summed E-state index contributed by atoms with van der Waals surface area (Å²) in [4.78, 5) is 0.248. The third-order valence-corrected chi connectivity index (χ3v) is 4.82. The first-order valence-corrected chi connectivity index (χ1v) is 7.89. The maximum absolute atomic E-state index is 12.3. The number of hydrogen-bond acceptors (Lipinski definition) is 4. The molecule has 0 amide bonds. The van der Waals surface area contributed by atoms with Crippen LogP contribution in [-0.4, -0.2) is 34.2 Å². The molecule has 1 aliphatic rings. The Balaban J connectivity index is 2.13. The van der Waals surface area contributed by atoms with Gasteiger partial charge in [-0.3, -0.25) is 0 Å². The number of benzene rings is 1. The second-order valence-electron chi connectivity index (χ2n) is 4.88. The number of nitrogens with one attached hydrogen (secondary N) is 2. The van der Waals surface area contributed by atoms with Crippen molar-refractivity contribution in [1.82, 2.24) is 10.0 Å². The van der Waals surface area contributed by atoms with Crippen LogP contribution in [0.5, 0.6) is 5.75 Å². The van der Waals surface area contributed by atoms with E-state index in [0.717, 1.165) is 19.4 Å². The molecule has 1 fully saturated rings. The van der Waals surface area contributed by atoms with Crippen LogP contribution in [0.15, 0.2) is 29.2 Å². The minimum atomic E-state index is -3.47. The minimum absolute atomic E-state index is 0.00699. The highest BCUT2D eigenvalue weighted by Crippen LogP contribution is 2.18. The molecule has 1 saturated heterocycles. The molecule has 0 radical (unpaired) electrons. The molecule has 0 bridgehead atoms. The Morgan fingerprint density at radius 3 is 2.89 bits per heavy atom. The van der Waals surface area contributed by atoms with E-state index in [0.29, 0.717) is 11.8 Å². The summed E-state index contributed by atoms with van der Waals surface area (Å²) in [6.07, 6.45) is 1.62. The van der Waals surface area contributed by atoms with Crippen molar-refractivity contribution in [3.8, 4) is 5.75 Å². The molecule has 0 saturated carbocycles. The van der Waals surface area contributed by atoms with E-state index in [2.05, 4.69) is 17.0 Å². The Kier molecular flexibility index (Phi) is 4.44. The lowest BCUT2D eigenvalue weighted by atomic mass is 10.0. The Hall–Kier alpha value is -1.11. The molecule has 5 nitrogen and oxygen atoms in total. The SMILES string of the molecule is COc1cccc(S(=O)(=O)NC2CCNC(C)C2)c1. The van der Waals surface area contributed by atoms with Crippen molar-refractivity contribution < 1.29 is 13.2 Å². The molecule has 0 aliphatic carbocycles. The van der Waals surface area contributed by atoms with E-state index in [9.17, 15) is 8.42 Å². The molecule has 106 valence electrons. The number of hydrogen-bond donors (Lipinski definition) is 2. The predicted octanol–water partition coefficient (Wildman–Crippen LogP) is 1.11. The summed E-state index contributed by atoms with van der Waals surface area (Å²) in [7, 11) is -1.95. The van der Waals surface area contributed by atoms with Crippen molar-refractivity contribution in [1.29, 1.82) is 0 Å². The number of ether oxygens (including phenoxy) is 1. The van der Waals surface area contributed by atoms with Gasteiger partial charge in [-0.2, -0.15) is 0 Å². The lowest BCUT2D eigenvalue weighted by Gasteiger charge is -2.28. The maximum atomic E-state index is 12.3. The fourth-order valence-corrected chi connectivity index (χ4v) is 3.61. The Morgan fingerprint density at radius 2 is 2.21 bits per heavy atom. The van der Waals surface area contributed by atoms with Crippen molar-refractivity contribution >= 4 is 10.0 Å². The molecule has 6 heteroatoms. The highest BCUT2D eigenvalue weighted by Gasteiger charge is 2.24. The number of sulfonamides is 1. The highest BCUT2D eigenvalue weighted by atomic mass is 32.2. The first-order valence-electron chi connectivity index (χ1n) is 6.41. The van der Waals surface area contributed by atoms with E-state index < -0.39 is 10.0 Å². The van der Waals surface area contributed by atoms with Gasteiger partial charge in [0.05, 0.1) is 12.0 Å². The zero-order valence-electron chi connectivity index (χ0n) is 11.2. The van der Waals surface area contributed by atoms with E-state index in [1.54, 1.807) is 18.2 Å². The van der Waals surface area contributed by atoms with Gasteiger partial charge in [-0.05, 0) is 38.4 Å². The van der Waals surface area contributed by atoms with Gasteiger partial charge in [0.1, 0.15) is 5.75 Å². The van der Waals surface area contributed by atoms with Crippen LogP contribution >= 0.6 is 0 Å². The maximum Gasteiger partial charge on any atom is 0.240 e. The Labute approximate surface area is 114 Å². The lowest BCUT2D eigenvalue weighted by Crippen LogP contribution is -2.46. The average molecular weight is 284 g/mol. The van der Waals surface area contributed by atoms with Gasteiger partial charge in [-0.15, -0.1) is 0 Å². The molecule has 1 aromatic carbocycles. The topological polar surface area (TPSA) is 67.4 Å². The van der Waals surface area contributed by atoms with Crippen LogP contribution in [0.1, 0.15) is 19.8 Å². The monoisotopic (exact) mass is 284 g/mol. The van der Waals surface area contributed by atoms with Gasteiger partial charge in [0, 0.05) is 18.2 Å². The summed E-state index contributed by atoms with van der Waals surface area (Å²) in [5.41, 5.74) is 0. The summed E-state index contributed by atoms with van der Waals surface area (Å²) < 4.78 is 32.4. The van der Waals surface area contributed by atoms with Crippen LogP contribution in [-0.2, 0) is 10.0 Å². The van der Waals surface area contributed by atoms with Gasteiger partial charge in [0.15, 0.2) is 0 Å². The third-order valence-electron chi connectivity index (χ3n) is 3.30. The molecule has 2 unspecified atom stereocenters. The van der Waals surface area contributed by atoms with E-state index >= 15 is 0 Å². The number of methoxy groups -OCH3 is 1. The van der Waals surface area contributed by atoms with E-state index in [4.69, 9.17) is 4.74 Å².